The number of benzene rings is 2. The van der Waals surface area contributed by atoms with Gasteiger partial charge in [-0.15, -0.1) is 0 Å². The fraction of sp³-hybridized carbons (Fsp3) is 0.519. The van der Waals surface area contributed by atoms with Gasteiger partial charge in [-0.2, -0.15) is 0 Å². The Hall–Kier alpha value is -2.27. The lowest BCUT2D eigenvalue weighted by Crippen LogP contribution is -2.33. The van der Waals surface area contributed by atoms with Crippen molar-refractivity contribution in [2.24, 2.45) is 10.8 Å². The van der Waals surface area contributed by atoms with Crippen LogP contribution in [0.25, 0.3) is 0 Å². The lowest BCUT2D eigenvalue weighted by atomic mass is 9.41. The summed E-state index contributed by atoms with van der Waals surface area (Å²) in [7, 11) is 0. The van der Waals surface area contributed by atoms with Crippen LogP contribution in [0.1, 0.15) is 62.9 Å². The van der Waals surface area contributed by atoms with E-state index in [2.05, 4.69) is 33.8 Å². The molecule has 0 bridgehead atoms. The van der Waals surface area contributed by atoms with Gasteiger partial charge in [0.25, 0.3) is 0 Å². The van der Waals surface area contributed by atoms with Crippen molar-refractivity contribution in [3.8, 4) is 11.5 Å². The topological polar surface area (TPSA) is 44.8 Å². The van der Waals surface area contributed by atoms with Gasteiger partial charge >= 0.3 is 0 Å². The molecule has 0 aromatic heterocycles. The first kappa shape index (κ1) is 22.9. The van der Waals surface area contributed by atoms with Crippen molar-refractivity contribution >= 4 is 18.5 Å². The minimum Gasteiger partial charge on any atom is -0.488 e. The molecule has 2 heterocycles. The molecule has 2 aliphatic heterocycles. The largest absolute Gasteiger partial charge is 0.488 e. The number of aldehydes is 1. The van der Waals surface area contributed by atoms with Gasteiger partial charge in [0, 0.05) is 12.5 Å². The molecule has 2 aromatic rings. The van der Waals surface area contributed by atoms with Crippen LogP contribution in [0.4, 0.5) is 0 Å². The Balaban J connectivity index is 1.68. The average Bonchev–Trinajstić information content (AvgIpc) is 3.00. The average molecular weight is 434 g/mol. The second kappa shape index (κ2) is 9.31. The van der Waals surface area contributed by atoms with E-state index in [-0.39, 0.29) is 23.8 Å². The predicted molar refractivity (Wildman–Crippen MR) is 129 cm³/mol. The highest BCUT2D eigenvalue weighted by molar-refractivity contribution is 6.75. The molecule has 0 saturated carbocycles. The van der Waals surface area contributed by atoms with Crippen molar-refractivity contribution in [3.63, 3.8) is 0 Å². The van der Waals surface area contributed by atoms with Crippen molar-refractivity contribution < 1.29 is 19.0 Å². The lowest BCUT2D eigenvalue weighted by Gasteiger charge is -2.35. The Morgan fingerprint density at radius 3 is 2.41 bits per heavy atom. The Kier molecular flexibility index (Phi) is 6.66. The predicted octanol–water partition coefficient (Wildman–Crippen LogP) is 5.75. The molecule has 0 aliphatic carbocycles. The van der Waals surface area contributed by atoms with Crippen molar-refractivity contribution in [2.45, 2.75) is 72.5 Å². The van der Waals surface area contributed by atoms with Gasteiger partial charge in [-0.05, 0) is 35.3 Å². The zero-order chi connectivity index (χ0) is 22.8. The zero-order valence-electron chi connectivity index (χ0n) is 19.9. The van der Waals surface area contributed by atoms with E-state index < -0.39 is 0 Å². The van der Waals surface area contributed by atoms with E-state index in [1.807, 2.05) is 36.4 Å². The molecule has 5 heteroatoms. The fourth-order valence-electron chi connectivity index (χ4n) is 5.04. The maximum atomic E-state index is 12.3. The highest BCUT2D eigenvalue weighted by Gasteiger charge is 2.48. The highest BCUT2D eigenvalue weighted by Crippen LogP contribution is 2.53. The van der Waals surface area contributed by atoms with Gasteiger partial charge in [0.2, 0.25) is 0 Å². The maximum absolute atomic E-state index is 12.3. The smallest absolute Gasteiger partial charge is 0.199 e. The van der Waals surface area contributed by atoms with Crippen LogP contribution in [0.3, 0.4) is 0 Å². The number of hydrogen-bond donors (Lipinski definition) is 0. The van der Waals surface area contributed by atoms with E-state index >= 15 is 0 Å². The lowest BCUT2D eigenvalue weighted by molar-refractivity contribution is -0.105. The first-order chi connectivity index (χ1) is 15.3. The van der Waals surface area contributed by atoms with Gasteiger partial charge in [-0.3, -0.25) is 4.79 Å². The molecule has 0 spiro atoms. The summed E-state index contributed by atoms with van der Waals surface area (Å²) in [6, 6.07) is 13.9. The minimum atomic E-state index is -0.239. The van der Waals surface area contributed by atoms with Crippen LogP contribution in [0.15, 0.2) is 42.5 Å². The molecule has 4 nitrogen and oxygen atoms in total. The van der Waals surface area contributed by atoms with Gasteiger partial charge in [-0.25, -0.2) is 0 Å². The van der Waals surface area contributed by atoms with E-state index in [0.29, 0.717) is 17.9 Å². The van der Waals surface area contributed by atoms with E-state index in [1.54, 1.807) is 0 Å². The summed E-state index contributed by atoms with van der Waals surface area (Å²) in [4.78, 5) is 12.3. The summed E-state index contributed by atoms with van der Waals surface area (Å²) in [5.74, 6) is 1.32. The molecule has 1 unspecified atom stereocenters. The summed E-state index contributed by atoms with van der Waals surface area (Å²) in [5, 5.41) is 0. The van der Waals surface area contributed by atoms with Gasteiger partial charge in [-0.1, -0.05) is 76.1 Å². The summed E-state index contributed by atoms with van der Waals surface area (Å²) in [6.07, 6.45) is 5.84. The van der Waals surface area contributed by atoms with E-state index in [1.165, 1.54) is 0 Å². The van der Waals surface area contributed by atoms with E-state index in [4.69, 9.17) is 14.2 Å². The van der Waals surface area contributed by atoms with Crippen molar-refractivity contribution in [1.29, 1.82) is 0 Å². The van der Waals surface area contributed by atoms with E-state index in [0.717, 1.165) is 61.6 Å². The van der Waals surface area contributed by atoms with Crippen molar-refractivity contribution in [3.05, 3.63) is 53.6 Å². The molecule has 4 rings (SSSR count). The number of carbonyl (C=O) groups is 1. The SMILES string of the molecule is CC1(C)CB(c2cc(OC3CCCCO3)cc(OCc3ccccc3)c2C=O)CC1(C)C. The number of hydrogen-bond acceptors (Lipinski definition) is 4. The van der Waals surface area contributed by atoms with Crippen LogP contribution in [0.2, 0.25) is 12.6 Å². The second-order valence-corrected chi connectivity index (χ2v) is 10.6. The second-order valence-electron chi connectivity index (χ2n) is 10.6. The molecular formula is C27H35BO4. The molecule has 2 aliphatic rings. The van der Waals surface area contributed by atoms with Crippen molar-refractivity contribution in [2.75, 3.05) is 6.61 Å². The van der Waals surface area contributed by atoms with Gasteiger partial charge in [0.15, 0.2) is 19.3 Å². The Labute approximate surface area is 192 Å². The monoisotopic (exact) mass is 434 g/mol. The molecule has 2 saturated heterocycles. The summed E-state index contributed by atoms with van der Waals surface area (Å²) >= 11 is 0. The van der Waals surface area contributed by atoms with Crippen LogP contribution in [-0.4, -0.2) is 25.9 Å². The Bertz CT molecular complexity index is 916. The quantitative estimate of drug-likeness (QED) is 0.411. The minimum absolute atomic E-state index is 0.187. The van der Waals surface area contributed by atoms with Crippen LogP contribution in [0, 0.1) is 10.8 Å². The van der Waals surface area contributed by atoms with Gasteiger partial charge in [0.1, 0.15) is 18.1 Å². The first-order valence-electron chi connectivity index (χ1n) is 11.9. The normalized spacial score (nSPS) is 21.9. The third-order valence-electron chi connectivity index (χ3n) is 7.69. The summed E-state index contributed by atoms with van der Waals surface area (Å²) in [5.41, 5.74) is 3.13. The Morgan fingerprint density at radius 2 is 1.78 bits per heavy atom. The van der Waals surface area contributed by atoms with Gasteiger partial charge in [0.05, 0.1) is 12.2 Å². The number of rotatable bonds is 7. The van der Waals surface area contributed by atoms with E-state index in [9.17, 15) is 4.79 Å². The molecule has 0 amide bonds. The summed E-state index contributed by atoms with van der Waals surface area (Å²) < 4.78 is 18.2. The molecular weight excluding hydrogens is 399 g/mol. The molecule has 2 aromatic carbocycles. The molecule has 1 atom stereocenters. The molecule has 2 fully saturated rings. The third kappa shape index (κ3) is 4.88. The fourth-order valence-corrected chi connectivity index (χ4v) is 5.04. The first-order valence-corrected chi connectivity index (χ1v) is 11.9. The molecule has 170 valence electrons. The van der Waals surface area contributed by atoms with Crippen LogP contribution >= 0.6 is 0 Å². The highest BCUT2D eigenvalue weighted by atomic mass is 16.7. The van der Waals surface area contributed by atoms with Crippen LogP contribution in [0.5, 0.6) is 11.5 Å². The molecule has 0 radical (unpaired) electrons. The maximum Gasteiger partial charge on any atom is 0.199 e. The van der Waals surface area contributed by atoms with Crippen LogP contribution < -0.4 is 14.9 Å². The number of carbonyl (C=O) groups excluding carboxylic acids is 1. The summed E-state index contributed by atoms with van der Waals surface area (Å²) in [6.45, 7) is 10.7. The number of ether oxygens (including phenoxy) is 3. The van der Waals surface area contributed by atoms with Crippen molar-refractivity contribution in [1.82, 2.24) is 0 Å². The Morgan fingerprint density at radius 1 is 1.06 bits per heavy atom. The standard InChI is InChI=1S/C27H35BO4/c1-26(2)18-28(19-27(26,3)4)23-14-21(32-25-12-8-9-13-30-25)15-24(22(23)16-29)31-17-20-10-6-5-7-11-20/h5-7,10-11,14-16,25H,8-9,12-13,17-19H2,1-4H3. The van der Waals surface area contributed by atoms with Gasteiger partial charge < -0.3 is 14.2 Å². The zero-order valence-corrected chi connectivity index (χ0v) is 19.9. The molecule has 0 N–H and O–H groups in total. The molecule has 32 heavy (non-hydrogen) atoms. The third-order valence-corrected chi connectivity index (χ3v) is 7.69. The van der Waals surface area contributed by atoms with Crippen LogP contribution in [-0.2, 0) is 11.3 Å².